The quantitative estimate of drug-likeness (QED) is 0.313. The van der Waals surface area contributed by atoms with Gasteiger partial charge in [-0.05, 0) is 67.6 Å². The second-order valence-corrected chi connectivity index (χ2v) is 11.7. The van der Waals surface area contributed by atoms with Gasteiger partial charge in [-0.3, -0.25) is 13.9 Å². The summed E-state index contributed by atoms with van der Waals surface area (Å²) in [6, 6.07) is 19.8. The molecule has 1 N–H and O–H groups in total. The molecule has 0 aliphatic carbocycles. The number of aryl methyl sites for hydroxylation is 2. The van der Waals surface area contributed by atoms with Crippen molar-refractivity contribution < 1.29 is 18.0 Å². The van der Waals surface area contributed by atoms with Crippen molar-refractivity contribution in [2.45, 2.75) is 58.0 Å². The van der Waals surface area contributed by atoms with Crippen LogP contribution in [0, 0.1) is 13.8 Å². The molecule has 0 radical (unpaired) electrons. The molecule has 0 saturated carbocycles. The minimum Gasteiger partial charge on any atom is -0.354 e. The summed E-state index contributed by atoms with van der Waals surface area (Å²) < 4.78 is 28.9. The summed E-state index contributed by atoms with van der Waals surface area (Å²) in [5.41, 5.74) is 2.80. The fourth-order valence-electron chi connectivity index (χ4n) is 4.34. The maximum Gasteiger partial charge on any atom is 0.264 e. The second-order valence-electron chi connectivity index (χ2n) is 9.42. The van der Waals surface area contributed by atoms with Crippen molar-refractivity contribution in [1.82, 2.24) is 10.2 Å². The first kappa shape index (κ1) is 30.2. The molecule has 3 rings (SSSR count). The van der Waals surface area contributed by atoms with Crippen molar-refractivity contribution in [2.75, 3.05) is 17.4 Å². The topological polar surface area (TPSA) is 86.8 Å². The molecule has 0 aliphatic heterocycles. The van der Waals surface area contributed by atoms with Gasteiger partial charge in [-0.15, -0.1) is 0 Å². The van der Waals surface area contributed by atoms with E-state index in [9.17, 15) is 18.0 Å². The van der Waals surface area contributed by atoms with E-state index in [1.54, 1.807) is 43.3 Å². The van der Waals surface area contributed by atoms with Crippen molar-refractivity contribution in [3.8, 4) is 0 Å². The van der Waals surface area contributed by atoms with Crippen LogP contribution >= 0.6 is 11.6 Å². The average Bonchev–Trinajstić information content (AvgIpc) is 2.93. The van der Waals surface area contributed by atoms with E-state index in [0.717, 1.165) is 21.9 Å². The number of hydrogen-bond donors (Lipinski definition) is 1. The van der Waals surface area contributed by atoms with Gasteiger partial charge in [0.2, 0.25) is 11.8 Å². The molecule has 0 saturated heterocycles. The van der Waals surface area contributed by atoms with Gasteiger partial charge in [-0.2, -0.15) is 0 Å². The maximum atomic E-state index is 14.1. The van der Waals surface area contributed by atoms with E-state index >= 15 is 0 Å². The van der Waals surface area contributed by atoms with E-state index in [4.69, 9.17) is 11.6 Å². The molecule has 0 fully saturated rings. The molecule has 0 spiro atoms. The molecule has 0 heterocycles. The Kier molecular flexibility index (Phi) is 10.5. The lowest BCUT2D eigenvalue weighted by atomic mass is 10.1. The summed E-state index contributed by atoms with van der Waals surface area (Å²) in [5, 5.41) is 3.24. The van der Waals surface area contributed by atoms with Crippen molar-refractivity contribution in [1.29, 1.82) is 0 Å². The molecule has 1 atom stereocenters. The number of hydrogen-bond acceptors (Lipinski definition) is 4. The molecule has 39 heavy (non-hydrogen) atoms. The highest BCUT2D eigenvalue weighted by Gasteiger charge is 2.34. The molecule has 208 valence electrons. The summed E-state index contributed by atoms with van der Waals surface area (Å²) in [6.07, 6.45) is 1.12. The Bertz CT molecular complexity index is 1400. The number of halogens is 1. The standard InChI is InChI=1S/C30H36ClN3O4S/c1-5-18-32-30(36)27(6-2)33(20-24-13-11-10-12-22(24)3)29(35)21-34(28-19-25(31)17-16-23(28)4)39(37,38)26-14-8-7-9-15-26/h7-17,19,27H,5-6,18,20-21H2,1-4H3,(H,32,36)/t27-/m0/s1. The predicted octanol–water partition coefficient (Wildman–Crippen LogP) is 5.49. The Hall–Kier alpha value is -3.36. The van der Waals surface area contributed by atoms with Crippen LogP contribution in [-0.2, 0) is 26.2 Å². The minimum atomic E-state index is -4.14. The van der Waals surface area contributed by atoms with Crippen molar-refractivity contribution in [3.63, 3.8) is 0 Å². The Morgan fingerprint density at radius 1 is 0.923 bits per heavy atom. The van der Waals surface area contributed by atoms with Crippen LogP contribution in [0.5, 0.6) is 0 Å². The van der Waals surface area contributed by atoms with Crippen LogP contribution in [0.1, 0.15) is 43.4 Å². The lowest BCUT2D eigenvalue weighted by Gasteiger charge is -2.34. The molecular formula is C30H36ClN3O4S. The zero-order valence-corrected chi connectivity index (χ0v) is 24.4. The van der Waals surface area contributed by atoms with Crippen LogP contribution in [0.2, 0.25) is 5.02 Å². The molecule has 7 nitrogen and oxygen atoms in total. The van der Waals surface area contributed by atoms with Crippen molar-refractivity contribution in [3.05, 3.63) is 94.5 Å². The summed E-state index contributed by atoms with van der Waals surface area (Å²) in [7, 11) is -4.14. The third kappa shape index (κ3) is 7.40. The van der Waals surface area contributed by atoms with Crippen LogP contribution in [0.25, 0.3) is 0 Å². The van der Waals surface area contributed by atoms with Gasteiger partial charge in [-0.25, -0.2) is 8.42 Å². The summed E-state index contributed by atoms with van der Waals surface area (Å²) >= 11 is 6.27. The molecule has 2 amide bonds. The van der Waals surface area contributed by atoms with Gasteiger partial charge in [0.15, 0.2) is 0 Å². The first-order valence-electron chi connectivity index (χ1n) is 13.1. The van der Waals surface area contributed by atoms with Gasteiger partial charge >= 0.3 is 0 Å². The number of amides is 2. The van der Waals surface area contributed by atoms with Crippen LogP contribution in [0.15, 0.2) is 77.7 Å². The highest BCUT2D eigenvalue weighted by molar-refractivity contribution is 7.92. The van der Waals surface area contributed by atoms with Gasteiger partial charge in [-0.1, -0.05) is 74.0 Å². The number of carbonyl (C=O) groups is 2. The number of nitrogens with zero attached hydrogens (tertiary/aromatic N) is 2. The van der Waals surface area contributed by atoms with Gasteiger partial charge in [0.25, 0.3) is 10.0 Å². The third-order valence-electron chi connectivity index (χ3n) is 6.59. The third-order valence-corrected chi connectivity index (χ3v) is 8.60. The Labute approximate surface area is 236 Å². The highest BCUT2D eigenvalue weighted by atomic mass is 35.5. The minimum absolute atomic E-state index is 0.0513. The first-order valence-corrected chi connectivity index (χ1v) is 14.9. The molecule has 3 aromatic carbocycles. The molecule has 3 aromatic rings. The lowest BCUT2D eigenvalue weighted by Crippen LogP contribution is -2.52. The highest BCUT2D eigenvalue weighted by Crippen LogP contribution is 2.30. The number of rotatable bonds is 12. The zero-order chi connectivity index (χ0) is 28.6. The molecule has 0 unspecified atom stereocenters. The van der Waals surface area contributed by atoms with Gasteiger partial charge < -0.3 is 10.2 Å². The smallest absolute Gasteiger partial charge is 0.264 e. The molecule has 0 aliphatic rings. The number of nitrogens with one attached hydrogen (secondary N) is 1. The van der Waals surface area contributed by atoms with Crippen LogP contribution < -0.4 is 9.62 Å². The van der Waals surface area contributed by atoms with E-state index in [1.165, 1.54) is 17.0 Å². The summed E-state index contributed by atoms with van der Waals surface area (Å²) in [6.45, 7) is 7.65. The fraction of sp³-hybridized carbons (Fsp3) is 0.333. The molecule has 9 heteroatoms. The zero-order valence-electron chi connectivity index (χ0n) is 22.9. The van der Waals surface area contributed by atoms with E-state index < -0.39 is 28.5 Å². The fourth-order valence-corrected chi connectivity index (χ4v) is 6.00. The van der Waals surface area contributed by atoms with Crippen molar-refractivity contribution >= 4 is 39.1 Å². The Balaban J connectivity index is 2.09. The van der Waals surface area contributed by atoms with E-state index in [2.05, 4.69) is 5.32 Å². The summed E-state index contributed by atoms with van der Waals surface area (Å²) in [4.78, 5) is 28.8. The Morgan fingerprint density at radius 3 is 2.23 bits per heavy atom. The molecule has 0 aromatic heterocycles. The van der Waals surface area contributed by atoms with Crippen LogP contribution in [0.4, 0.5) is 5.69 Å². The predicted molar refractivity (Wildman–Crippen MR) is 156 cm³/mol. The number of anilines is 1. The number of sulfonamides is 1. The maximum absolute atomic E-state index is 14.1. The summed E-state index contributed by atoms with van der Waals surface area (Å²) in [5.74, 6) is -0.756. The SMILES string of the molecule is CCCNC(=O)[C@H](CC)N(Cc1ccccc1C)C(=O)CN(c1cc(Cl)ccc1C)S(=O)(=O)c1ccccc1. The van der Waals surface area contributed by atoms with E-state index in [1.807, 2.05) is 45.0 Å². The van der Waals surface area contributed by atoms with E-state index in [0.29, 0.717) is 29.2 Å². The van der Waals surface area contributed by atoms with Gasteiger partial charge in [0.05, 0.1) is 10.6 Å². The lowest BCUT2D eigenvalue weighted by molar-refractivity contribution is -0.140. The Morgan fingerprint density at radius 2 is 1.59 bits per heavy atom. The second kappa shape index (κ2) is 13.6. The monoisotopic (exact) mass is 569 g/mol. The average molecular weight is 570 g/mol. The van der Waals surface area contributed by atoms with Gasteiger partial charge in [0, 0.05) is 18.1 Å². The largest absolute Gasteiger partial charge is 0.354 e. The van der Waals surface area contributed by atoms with Crippen molar-refractivity contribution in [2.24, 2.45) is 0 Å². The molecular weight excluding hydrogens is 534 g/mol. The van der Waals surface area contributed by atoms with Gasteiger partial charge in [0.1, 0.15) is 12.6 Å². The first-order chi connectivity index (χ1) is 18.6. The normalized spacial score (nSPS) is 12.0. The van der Waals surface area contributed by atoms with Crippen LogP contribution in [-0.4, -0.2) is 44.3 Å². The molecule has 0 bridgehead atoms. The number of carbonyl (C=O) groups excluding carboxylic acids is 2. The van der Waals surface area contributed by atoms with E-state index in [-0.39, 0.29) is 17.3 Å². The van der Waals surface area contributed by atoms with Crippen LogP contribution in [0.3, 0.4) is 0 Å². The number of benzene rings is 3.